The highest BCUT2D eigenvalue weighted by Crippen LogP contribution is 2.32. The average Bonchev–Trinajstić information content (AvgIpc) is 3.42. The molecule has 7 nitrogen and oxygen atoms in total. The van der Waals surface area contributed by atoms with Gasteiger partial charge in [-0.25, -0.2) is 19.3 Å². The van der Waals surface area contributed by atoms with Gasteiger partial charge in [0, 0.05) is 23.4 Å². The van der Waals surface area contributed by atoms with E-state index in [1.807, 2.05) is 25.1 Å². The van der Waals surface area contributed by atoms with Crippen molar-refractivity contribution in [2.24, 2.45) is 0 Å². The Morgan fingerprint density at radius 3 is 2.75 bits per heavy atom. The van der Waals surface area contributed by atoms with Crippen LogP contribution in [-0.2, 0) is 0 Å². The summed E-state index contributed by atoms with van der Waals surface area (Å²) >= 11 is 0. The van der Waals surface area contributed by atoms with Crippen LogP contribution in [0.15, 0.2) is 42.6 Å². The van der Waals surface area contributed by atoms with E-state index in [-0.39, 0.29) is 5.82 Å². The van der Waals surface area contributed by atoms with Gasteiger partial charge in [0.25, 0.3) is 0 Å². The molecule has 0 spiro atoms. The van der Waals surface area contributed by atoms with Crippen molar-refractivity contribution in [3.05, 3.63) is 59.7 Å². The van der Waals surface area contributed by atoms with Gasteiger partial charge in [0.1, 0.15) is 11.3 Å². The zero-order valence-corrected chi connectivity index (χ0v) is 17.6. The Morgan fingerprint density at radius 2 is 1.91 bits per heavy atom. The largest absolute Gasteiger partial charge is 0.335 e. The number of aromatic nitrogens is 6. The van der Waals surface area contributed by atoms with Crippen LogP contribution in [0.4, 0.5) is 4.39 Å². The highest BCUT2D eigenvalue weighted by atomic mass is 19.1. The number of fused-ring (bicyclic) bond motifs is 2. The number of aromatic amines is 2. The summed E-state index contributed by atoms with van der Waals surface area (Å²) in [5.41, 5.74) is 7.21. The molecule has 1 aliphatic heterocycles. The predicted molar refractivity (Wildman–Crippen MR) is 122 cm³/mol. The third-order valence-electron chi connectivity index (χ3n) is 6.16. The summed E-state index contributed by atoms with van der Waals surface area (Å²) in [5.74, 6) is 0.774. The number of rotatable bonds is 3. The Hall–Kier alpha value is -3.65. The summed E-state index contributed by atoms with van der Waals surface area (Å²) in [6.07, 6.45) is 3.85. The second-order valence-corrected chi connectivity index (χ2v) is 8.39. The molecule has 0 atom stereocenters. The molecule has 8 heteroatoms. The fraction of sp³-hybridized carbons (Fsp3) is 0.250. The molecule has 0 amide bonds. The first-order valence-corrected chi connectivity index (χ1v) is 10.8. The van der Waals surface area contributed by atoms with Crippen molar-refractivity contribution in [1.82, 2.24) is 35.5 Å². The number of aryl methyl sites for hydroxylation is 1. The molecule has 6 rings (SSSR count). The molecule has 1 aliphatic rings. The second kappa shape index (κ2) is 7.49. The number of H-pyrrole nitrogens is 2. The number of pyridine rings is 2. The molecule has 0 saturated carbocycles. The summed E-state index contributed by atoms with van der Waals surface area (Å²) < 4.78 is 14.0. The van der Waals surface area contributed by atoms with Gasteiger partial charge in [-0.2, -0.15) is 5.10 Å². The second-order valence-electron chi connectivity index (χ2n) is 8.39. The lowest BCUT2D eigenvalue weighted by Crippen LogP contribution is -2.27. The molecule has 3 N–H and O–H groups in total. The van der Waals surface area contributed by atoms with Crippen LogP contribution in [0.2, 0.25) is 0 Å². The van der Waals surface area contributed by atoms with Gasteiger partial charge >= 0.3 is 0 Å². The fourth-order valence-corrected chi connectivity index (χ4v) is 4.58. The van der Waals surface area contributed by atoms with Gasteiger partial charge in [-0.1, -0.05) is 6.07 Å². The van der Waals surface area contributed by atoms with Crippen molar-refractivity contribution >= 4 is 22.2 Å². The minimum Gasteiger partial charge on any atom is -0.335 e. The van der Waals surface area contributed by atoms with Crippen molar-refractivity contribution in [1.29, 1.82) is 0 Å². The molecular weight excluding hydrogens is 405 g/mol. The zero-order chi connectivity index (χ0) is 21.7. The summed E-state index contributed by atoms with van der Waals surface area (Å²) in [7, 11) is 0. The smallest absolute Gasteiger partial charge is 0.178 e. The van der Waals surface area contributed by atoms with E-state index in [2.05, 4.69) is 36.5 Å². The van der Waals surface area contributed by atoms with Crippen molar-refractivity contribution in [2.45, 2.75) is 25.7 Å². The maximum atomic E-state index is 14.0. The Morgan fingerprint density at radius 1 is 1.03 bits per heavy atom. The lowest BCUT2D eigenvalue weighted by Gasteiger charge is -2.22. The van der Waals surface area contributed by atoms with E-state index in [0.717, 1.165) is 64.9 Å². The van der Waals surface area contributed by atoms with Crippen molar-refractivity contribution < 1.29 is 4.39 Å². The zero-order valence-electron chi connectivity index (χ0n) is 17.6. The molecule has 5 heterocycles. The van der Waals surface area contributed by atoms with Gasteiger partial charge in [0.2, 0.25) is 0 Å². The van der Waals surface area contributed by atoms with Crippen molar-refractivity contribution in [2.75, 3.05) is 13.1 Å². The molecule has 5 aromatic rings. The highest BCUT2D eigenvalue weighted by Gasteiger charge is 2.20. The van der Waals surface area contributed by atoms with Gasteiger partial charge in [-0.3, -0.25) is 5.10 Å². The molecule has 0 unspecified atom stereocenters. The Bertz CT molecular complexity index is 1430. The number of imidazole rings is 1. The lowest BCUT2D eigenvalue weighted by atomic mass is 9.94. The van der Waals surface area contributed by atoms with Crippen LogP contribution in [0, 0.1) is 12.7 Å². The molecule has 1 aromatic carbocycles. The normalized spacial score (nSPS) is 15.1. The summed E-state index contributed by atoms with van der Waals surface area (Å²) in [4.78, 5) is 17.4. The number of piperidine rings is 1. The molecular formula is C24H22FN7. The minimum atomic E-state index is -0.266. The first-order chi connectivity index (χ1) is 15.7. The van der Waals surface area contributed by atoms with Crippen molar-refractivity contribution in [3.63, 3.8) is 0 Å². The average molecular weight is 427 g/mol. The first kappa shape index (κ1) is 19.1. The molecule has 0 radical (unpaired) electrons. The number of nitrogens with one attached hydrogen (secondary N) is 3. The van der Waals surface area contributed by atoms with E-state index in [9.17, 15) is 4.39 Å². The fourth-order valence-electron chi connectivity index (χ4n) is 4.58. The van der Waals surface area contributed by atoms with E-state index in [1.165, 1.54) is 12.1 Å². The van der Waals surface area contributed by atoms with E-state index in [1.54, 1.807) is 6.20 Å². The highest BCUT2D eigenvalue weighted by molar-refractivity contribution is 5.94. The third kappa shape index (κ3) is 3.23. The molecule has 0 aliphatic carbocycles. The number of halogens is 1. The first-order valence-electron chi connectivity index (χ1n) is 10.8. The Kier molecular flexibility index (Phi) is 4.46. The molecule has 32 heavy (non-hydrogen) atoms. The molecule has 1 saturated heterocycles. The number of hydrogen-bond donors (Lipinski definition) is 3. The quantitative estimate of drug-likeness (QED) is 0.395. The Balaban J connectivity index is 1.47. The topological polar surface area (TPSA) is 95.2 Å². The monoisotopic (exact) mass is 427 g/mol. The van der Waals surface area contributed by atoms with E-state index >= 15 is 0 Å². The van der Waals surface area contributed by atoms with Crippen LogP contribution in [0.25, 0.3) is 44.8 Å². The molecule has 160 valence electrons. The van der Waals surface area contributed by atoms with E-state index in [4.69, 9.17) is 4.98 Å². The summed E-state index contributed by atoms with van der Waals surface area (Å²) in [6, 6.07) is 11.0. The van der Waals surface area contributed by atoms with E-state index < -0.39 is 0 Å². The Labute approximate surface area is 183 Å². The molecule has 1 fully saturated rings. The summed E-state index contributed by atoms with van der Waals surface area (Å²) in [6.45, 7) is 3.91. The van der Waals surface area contributed by atoms with Crippen LogP contribution in [-0.4, -0.2) is 43.2 Å². The van der Waals surface area contributed by atoms with Gasteiger partial charge in [0.15, 0.2) is 17.2 Å². The summed E-state index contributed by atoms with van der Waals surface area (Å²) in [5, 5.41) is 11.0. The van der Waals surface area contributed by atoms with Crippen LogP contribution in [0.1, 0.15) is 30.0 Å². The van der Waals surface area contributed by atoms with Crippen LogP contribution in [0.3, 0.4) is 0 Å². The third-order valence-corrected chi connectivity index (χ3v) is 6.16. The van der Waals surface area contributed by atoms with Gasteiger partial charge in [-0.15, -0.1) is 0 Å². The lowest BCUT2D eigenvalue weighted by molar-refractivity contribution is 0.454. The number of benzene rings is 1. The molecule has 0 bridgehead atoms. The van der Waals surface area contributed by atoms with Gasteiger partial charge < -0.3 is 10.3 Å². The van der Waals surface area contributed by atoms with Crippen LogP contribution >= 0.6 is 0 Å². The van der Waals surface area contributed by atoms with Crippen LogP contribution in [0.5, 0.6) is 0 Å². The van der Waals surface area contributed by atoms with Crippen LogP contribution < -0.4 is 5.32 Å². The maximum Gasteiger partial charge on any atom is 0.178 e. The SMILES string of the molecule is Cc1cc(F)cc(-c2ccnc3nc(-c4n[nH]c5ccc(C6CCNCC6)nc45)[nH]c23)c1. The predicted octanol–water partition coefficient (Wildman–Crippen LogP) is 4.48. The van der Waals surface area contributed by atoms with E-state index in [0.29, 0.717) is 23.1 Å². The minimum absolute atomic E-state index is 0.266. The standard InChI is InChI=1S/C24H22FN7/c1-13-10-15(12-16(25)11-13)17-6-9-27-23-20(17)29-24(30-23)22-21-19(31-32-22)3-2-18(28-21)14-4-7-26-8-5-14/h2-3,6,9-12,14,26H,4-5,7-8H2,1H3,(H,31,32)(H,27,29,30). The van der Waals surface area contributed by atoms with Gasteiger partial charge in [-0.05, 0) is 74.3 Å². The molecule has 4 aromatic heterocycles. The number of hydrogen-bond acceptors (Lipinski definition) is 5. The number of nitrogens with zero attached hydrogens (tertiary/aromatic N) is 4. The van der Waals surface area contributed by atoms with Crippen molar-refractivity contribution in [3.8, 4) is 22.6 Å². The van der Waals surface area contributed by atoms with Gasteiger partial charge in [0.05, 0.1) is 11.0 Å². The maximum absolute atomic E-state index is 14.0.